The first-order valence-electron chi connectivity index (χ1n) is 12.5. The van der Waals surface area contributed by atoms with Gasteiger partial charge < -0.3 is 19.7 Å². The maximum Gasteiger partial charge on any atom is 0.274 e. The van der Waals surface area contributed by atoms with Crippen molar-refractivity contribution in [3.63, 3.8) is 0 Å². The minimum Gasteiger partial charge on any atom is -0.368 e. The molecule has 3 heterocycles. The Morgan fingerprint density at radius 1 is 1.03 bits per heavy atom. The smallest absolute Gasteiger partial charge is 0.274 e. The molecule has 1 unspecified atom stereocenters. The molecule has 0 spiro atoms. The fourth-order valence-electron chi connectivity index (χ4n) is 4.73. The predicted molar refractivity (Wildman–Crippen MR) is 144 cm³/mol. The molecule has 0 aliphatic carbocycles. The summed E-state index contributed by atoms with van der Waals surface area (Å²) in [6.07, 6.45) is 4.19. The quantitative estimate of drug-likeness (QED) is 0.437. The topological polar surface area (TPSA) is 96.2 Å². The highest BCUT2D eigenvalue weighted by Gasteiger charge is 2.19. The summed E-state index contributed by atoms with van der Waals surface area (Å²) in [5.41, 5.74) is 3.29. The van der Waals surface area contributed by atoms with Gasteiger partial charge in [0.25, 0.3) is 5.91 Å². The molecule has 9 heteroatoms. The van der Waals surface area contributed by atoms with Crippen molar-refractivity contribution < 1.29 is 9.59 Å². The molecule has 1 saturated heterocycles. The third kappa shape index (κ3) is 5.45. The van der Waals surface area contributed by atoms with Crippen molar-refractivity contribution in [2.75, 3.05) is 36.4 Å². The van der Waals surface area contributed by atoms with Crippen molar-refractivity contribution in [2.24, 2.45) is 7.05 Å². The lowest BCUT2D eigenvalue weighted by atomic mass is 9.97. The molecule has 9 nitrogen and oxygen atoms in total. The number of piperazine rings is 1. The molecule has 1 aliphatic heterocycles. The number of aryl methyl sites for hydroxylation is 1. The normalized spacial score (nSPS) is 14.6. The maximum absolute atomic E-state index is 13.1. The number of rotatable bonds is 6. The van der Waals surface area contributed by atoms with Gasteiger partial charge in [0, 0.05) is 69.5 Å². The Morgan fingerprint density at radius 3 is 2.57 bits per heavy atom. The molecule has 1 N–H and O–H groups in total. The molecule has 5 rings (SSSR count). The van der Waals surface area contributed by atoms with Crippen LogP contribution in [0.5, 0.6) is 0 Å². The second kappa shape index (κ2) is 10.4. The first kappa shape index (κ1) is 24.4. The molecule has 37 heavy (non-hydrogen) atoms. The van der Waals surface area contributed by atoms with Crippen LogP contribution in [0, 0.1) is 0 Å². The number of aromatic nitrogens is 4. The van der Waals surface area contributed by atoms with Crippen LogP contribution in [0.1, 0.15) is 41.6 Å². The lowest BCUT2D eigenvalue weighted by Gasteiger charge is -2.35. The van der Waals surface area contributed by atoms with Gasteiger partial charge in [-0.05, 0) is 47.2 Å². The molecule has 4 aromatic rings. The average molecular weight is 498 g/mol. The predicted octanol–water partition coefficient (Wildman–Crippen LogP) is 3.63. The first-order valence-corrected chi connectivity index (χ1v) is 12.5. The van der Waals surface area contributed by atoms with E-state index in [9.17, 15) is 9.59 Å². The van der Waals surface area contributed by atoms with E-state index in [0.29, 0.717) is 18.8 Å². The Balaban J connectivity index is 1.29. The van der Waals surface area contributed by atoms with Gasteiger partial charge in [-0.3, -0.25) is 14.6 Å². The molecule has 2 aromatic heterocycles. The van der Waals surface area contributed by atoms with Crippen LogP contribution >= 0.6 is 0 Å². The first-order chi connectivity index (χ1) is 17.9. The Bertz CT molecular complexity index is 1440. The molecule has 0 saturated carbocycles. The number of anilines is 2. The highest BCUT2D eigenvalue weighted by Crippen LogP contribution is 2.25. The molecule has 1 aliphatic rings. The van der Waals surface area contributed by atoms with Gasteiger partial charge in [0.05, 0.1) is 0 Å². The van der Waals surface area contributed by atoms with E-state index in [1.165, 1.54) is 0 Å². The summed E-state index contributed by atoms with van der Waals surface area (Å²) in [6.45, 7) is 6.76. The fraction of sp³-hybridized carbons (Fsp3) is 0.321. The number of benzene rings is 2. The number of pyridine rings is 1. The van der Waals surface area contributed by atoms with Crippen LogP contribution in [0.15, 0.2) is 61.1 Å². The van der Waals surface area contributed by atoms with Crippen LogP contribution in [-0.2, 0) is 18.3 Å². The maximum atomic E-state index is 13.1. The van der Waals surface area contributed by atoms with Gasteiger partial charge in [-0.25, -0.2) is 0 Å². The second-order valence-corrected chi connectivity index (χ2v) is 9.64. The summed E-state index contributed by atoms with van der Waals surface area (Å²) in [6, 6.07) is 15.9. The molecule has 0 radical (unpaired) electrons. The molecule has 1 atom stereocenters. The van der Waals surface area contributed by atoms with Gasteiger partial charge in [0.1, 0.15) is 17.8 Å². The van der Waals surface area contributed by atoms with Crippen molar-refractivity contribution in [1.82, 2.24) is 24.6 Å². The van der Waals surface area contributed by atoms with E-state index in [4.69, 9.17) is 0 Å². The lowest BCUT2D eigenvalue weighted by molar-refractivity contribution is -0.129. The standard InChI is InChI=1S/C28H31N7O2/c1-19(13-27-32-30-18-33(27)3)21-5-4-6-24(14-21)31-28(37)26-16-23-15-25(8-7-22(23)17-29-26)35-11-9-34(10-12-35)20(2)36/h4-8,14-19H,9-13H2,1-3H3,(H,31,37). The third-order valence-electron chi connectivity index (χ3n) is 7.04. The SMILES string of the molecule is CC(=O)N1CCN(c2ccc3cnc(C(=O)Nc4cccc(C(C)Cc5nncn5C)c4)cc3c2)CC1. The number of carbonyl (C=O) groups excluding carboxylic acids is 2. The largest absolute Gasteiger partial charge is 0.368 e. The van der Waals surface area contributed by atoms with E-state index in [0.717, 1.165) is 53.0 Å². The Hall–Kier alpha value is -4.27. The Labute approximate surface area is 216 Å². The summed E-state index contributed by atoms with van der Waals surface area (Å²) in [5, 5.41) is 13.1. The number of nitrogens with zero attached hydrogens (tertiary/aromatic N) is 6. The minimum absolute atomic E-state index is 0.116. The van der Waals surface area contributed by atoms with Crippen LogP contribution in [0.3, 0.4) is 0 Å². The van der Waals surface area contributed by atoms with Gasteiger partial charge in [-0.2, -0.15) is 0 Å². The van der Waals surface area contributed by atoms with Crippen LogP contribution in [0.4, 0.5) is 11.4 Å². The zero-order valence-electron chi connectivity index (χ0n) is 21.4. The zero-order chi connectivity index (χ0) is 25.9. The van der Waals surface area contributed by atoms with Crippen molar-refractivity contribution in [2.45, 2.75) is 26.2 Å². The van der Waals surface area contributed by atoms with E-state index >= 15 is 0 Å². The fourth-order valence-corrected chi connectivity index (χ4v) is 4.73. The lowest BCUT2D eigenvalue weighted by Crippen LogP contribution is -2.48. The number of hydrogen-bond donors (Lipinski definition) is 1. The molecule has 1 fully saturated rings. The van der Waals surface area contributed by atoms with Gasteiger partial charge in [-0.1, -0.05) is 25.1 Å². The monoisotopic (exact) mass is 497 g/mol. The van der Waals surface area contributed by atoms with Gasteiger partial charge in [0.2, 0.25) is 5.91 Å². The second-order valence-electron chi connectivity index (χ2n) is 9.64. The highest BCUT2D eigenvalue weighted by atomic mass is 16.2. The Morgan fingerprint density at radius 2 is 1.84 bits per heavy atom. The van der Waals surface area contributed by atoms with Crippen molar-refractivity contribution >= 4 is 34.0 Å². The molecular formula is C28H31N7O2. The van der Waals surface area contributed by atoms with E-state index in [1.54, 1.807) is 19.4 Å². The van der Waals surface area contributed by atoms with E-state index in [-0.39, 0.29) is 17.7 Å². The molecule has 190 valence electrons. The van der Waals surface area contributed by atoms with E-state index < -0.39 is 0 Å². The van der Waals surface area contributed by atoms with Crippen LogP contribution in [-0.4, -0.2) is 62.6 Å². The summed E-state index contributed by atoms with van der Waals surface area (Å²) in [5.74, 6) is 1.00. The summed E-state index contributed by atoms with van der Waals surface area (Å²) < 4.78 is 1.92. The van der Waals surface area contributed by atoms with Crippen LogP contribution in [0.2, 0.25) is 0 Å². The number of nitrogens with one attached hydrogen (secondary N) is 1. The number of carbonyl (C=O) groups is 2. The number of amides is 2. The zero-order valence-corrected chi connectivity index (χ0v) is 21.4. The van der Waals surface area contributed by atoms with Gasteiger partial charge >= 0.3 is 0 Å². The third-order valence-corrected chi connectivity index (χ3v) is 7.04. The van der Waals surface area contributed by atoms with Crippen molar-refractivity contribution in [1.29, 1.82) is 0 Å². The van der Waals surface area contributed by atoms with Gasteiger partial charge in [0.15, 0.2) is 0 Å². The summed E-state index contributed by atoms with van der Waals surface area (Å²) in [7, 11) is 1.94. The highest BCUT2D eigenvalue weighted by molar-refractivity contribution is 6.05. The van der Waals surface area contributed by atoms with E-state index in [1.807, 2.05) is 46.8 Å². The van der Waals surface area contributed by atoms with Gasteiger partial charge in [-0.15, -0.1) is 10.2 Å². The summed E-state index contributed by atoms with van der Waals surface area (Å²) >= 11 is 0. The number of fused-ring (bicyclic) bond motifs is 1. The van der Waals surface area contributed by atoms with E-state index in [2.05, 4.69) is 50.5 Å². The molecular weight excluding hydrogens is 466 g/mol. The minimum atomic E-state index is -0.250. The molecule has 2 aromatic carbocycles. The number of hydrogen-bond acceptors (Lipinski definition) is 6. The Kier molecular flexibility index (Phi) is 6.85. The molecule has 2 amide bonds. The van der Waals surface area contributed by atoms with Crippen molar-refractivity contribution in [3.8, 4) is 0 Å². The van der Waals surface area contributed by atoms with Crippen LogP contribution < -0.4 is 10.2 Å². The summed E-state index contributed by atoms with van der Waals surface area (Å²) in [4.78, 5) is 33.3. The van der Waals surface area contributed by atoms with Crippen LogP contribution in [0.25, 0.3) is 10.8 Å². The van der Waals surface area contributed by atoms with Crippen molar-refractivity contribution in [3.05, 3.63) is 78.1 Å². The average Bonchev–Trinajstić information content (AvgIpc) is 3.32. The molecule has 0 bridgehead atoms.